The summed E-state index contributed by atoms with van der Waals surface area (Å²) < 4.78 is 13.7. The van der Waals surface area contributed by atoms with Crippen LogP contribution in [-0.4, -0.2) is 13.1 Å². The van der Waals surface area contributed by atoms with Crippen LogP contribution in [0.1, 0.15) is 31.2 Å². The molecule has 16 heavy (non-hydrogen) atoms. The van der Waals surface area contributed by atoms with Crippen molar-refractivity contribution in [1.82, 2.24) is 5.32 Å². The number of rotatable bonds is 4. The van der Waals surface area contributed by atoms with Crippen LogP contribution in [0.3, 0.4) is 0 Å². The van der Waals surface area contributed by atoms with Gasteiger partial charge < -0.3 is 5.32 Å². The Balaban J connectivity index is 2.06. The molecule has 1 aliphatic carbocycles. The van der Waals surface area contributed by atoms with Crippen molar-refractivity contribution in [1.29, 1.82) is 0 Å². The number of hydrogen-bond acceptors (Lipinski definition) is 1. The van der Waals surface area contributed by atoms with Gasteiger partial charge in [-0.2, -0.15) is 0 Å². The Bertz CT molecular complexity index is 367. The van der Waals surface area contributed by atoms with Crippen LogP contribution < -0.4 is 5.32 Å². The van der Waals surface area contributed by atoms with Gasteiger partial charge in [0, 0.05) is 5.02 Å². The van der Waals surface area contributed by atoms with E-state index in [9.17, 15) is 4.39 Å². The van der Waals surface area contributed by atoms with Crippen molar-refractivity contribution < 1.29 is 4.39 Å². The summed E-state index contributed by atoms with van der Waals surface area (Å²) in [5.74, 6) is 0.797. The van der Waals surface area contributed by atoms with Gasteiger partial charge in [-0.05, 0) is 55.5 Å². The van der Waals surface area contributed by atoms with Crippen LogP contribution in [-0.2, 0) is 0 Å². The first-order valence-electron chi connectivity index (χ1n) is 5.88. The van der Waals surface area contributed by atoms with Gasteiger partial charge in [-0.25, -0.2) is 4.39 Å². The van der Waals surface area contributed by atoms with Gasteiger partial charge in [0.2, 0.25) is 0 Å². The van der Waals surface area contributed by atoms with Crippen LogP contribution in [0, 0.1) is 11.7 Å². The molecule has 88 valence electrons. The summed E-state index contributed by atoms with van der Waals surface area (Å²) in [6, 6.07) is 5.03. The van der Waals surface area contributed by atoms with Crippen LogP contribution in [0.15, 0.2) is 18.2 Å². The molecule has 1 aliphatic rings. The van der Waals surface area contributed by atoms with Gasteiger partial charge >= 0.3 is 0 Å². The lowest BCUT2D eigenvalue weighted by Gasteiger charge is -2.37. The average Bonchev–Trinajstić information content (AvgIpc) is 2.21. The van der Waals surface area contributed by atoms with E-state index in [4.69, 9.17) is 11.6 Å². The molecule has 0 saturated heterocycles. The monoisotopic (exact) mass is 241 g/mol. The molecule has 3 heteroatoms. The molecule has 0 radical (unpaired) electrons. The van der Waals surface area contributed by atoms with Crippen LogP contribution >= 0.6 is 11.6 Å². The second kappa shape index (κ2) is 5.15. The Morgan fingerprint density at radius 1 is 1.44 bits per heavy atom. The van der Waals surface area contributed by atoms with Gasteiger partial charge in [0.15, 0.2) is 0 Å². The Labute approximate surface area is 101 Å². The third kappa shape index (κ3) is 2.38. The van der Waals surface area contributed by atoms with E-state index in [2.05, 4.69) is 12.2 Å². The quantitative estimate of drug-likeness (QED) is 0.850. The molecule has 0 aromatic heterocycles. The van der Waals surface area contributed by atoms with Crippen molar-refractivity contribution in [2.75, 3.05) is 13.1 Å². The van der Waals surface area contributed by atoms with Gasteiger partial charge in [0.25, 0.3) is 0 Å². The number of benzene rings is 1. The smallest absolute Gasteiger partial charge is 0.128 e. The molecule has 0 spiro atoms. The highest BCUT2D eigenvalue weighted by atomic mass is 35.5. The summed E-state index contributed by atoms with van der Waals surface area (Å²) in [6.07, 6.45) is 2.29. The summed E-state index contributed by atoms with van der Waals surface area (Å²) in [4.78, 5) is 0. The highest BCUT2D eigenvalue weighted by Gasteiger charge is 2.33. The molecule has 2 rings (SSSR count). The highest BCUT2D eigenvalue weighted by molar-refractivity contribution is 6.30. The van der Waals surface area contributed by atoms with E-state index in [0.717, 1.165) is 25.1 Å². The first-order valence-corrected chi connectivity index (χ1v) is 6.25. The van der Waals surface area contributed by atoms with Gasteiger partial charge in [-0.3, -0.25) is 0 Å². The van der Waals surface area contributed by atoms with Crippen molar-refractivity contribution in [3.63, 3.8) is 0 Å². The summed E-state index contributed by atoms with van der Waals surface area (Å²) in [7, 11) is 0. The summed E-state index contributed by atoms with van der Waals surface area (Å²) >= 11 is 5.75. The Morgan fingerprint density at radius 3 is 2.81 bits per heavy atom. The fourth-order valence-corrected chi connectivity index (χ4v) is 2.51. The van der Waals surface area contributed by atoms with E-state index in [1.165, 1.54) is 12.5 Å². The second-order valence-corrected chi connectivity index (χ2v) is 4.85. The third-order valence-electron chi connectivity index (χ3n) is 3.44. The topological polar surface area (TPSA) is 12.0 Å². The average molecular weight is 242 g/mol. The Hall–Kier alpha value is -0.600. The minimum absolute atomic E-state index is 0.154. The van der Waals surface area contributed by atoms with Gasteiger partial charge in [0.05, 0.1) is 0 Å². The number of hydrogen-bond donors (Lipinski definition) is 1. The van der Waals surface area contributed by atoms with Crippen molar-refractivity contribution in [2.24, 2.45) is 5.92 Å². The molecule has 1 nitrogen and oxygen atoms in total. The molecule has 2 atom stereocenters. The number of halogens is 2. The van der Waals surface area contributed by atoms with Crippen molar-refractivity contribution in [3.8, 4) is 0 Å². The maximum Gasteiger partial charge on any atom is 0.128 e. The molecular formula is C13H17ClFN. The Morgan fingerprint density at radius 2 is 2.25 bits per heavy atom. The fraction of sp³-hybridized carbons (Fsp3) is 0.538. The normalized spacial score (nSPS) is 24.2. The largest absolute Gasteiger partial charge is 0.317 e. The van der Waals surface area contributed by atoms with Crippen molar-refractivity contribution in [3.05, 3.63) is 34.6 Å². The van der Waals surface area contributed by atoms with Crippen LogP contribution in [0.25, 0.3) is 0 Å². The summed E-state index contributed by atoms with van der Waals surface area (Å²) in [5, 5.41) is 3.81. The number of nitrogens with one attached hydrogen (secondary N) is 1. The first kappa shape index (κ1) is 11.9. The zero-order valence-electron chi connectivity index (χ0n) is 9.47. The molecule has 1 aromatic carbocycles. The molecular weight excluding hydrogens is 225 g/mol. The standard InChI is InChI=1S/C13H17ClFN/c1-2-16-8-9-3-5-11(9)12-6-4-10(14)7-13(12)15/h4,6-7,9,11,16H,2-3,5,8H2,1H3. The zero-order valence-corrected chi connectivity index (χ0v) is 10.2. The lowest BCUT2D eigenvalue weighted by atomic mass is 9.70. The summed E-state index contributed by atoms with van der Waals surface area (Å²) in [5.41, 5.74) is 0.832. The molecule has 1 saturated carbocycles. The lowest BCUT2D eigenvalue weighted by molar-refractivity contribution is 0.242. The van der Waals surface area contributed by atoms with Gasteiger partial charge in [0.1, 0.15) is 5.82 Å². The minimum Gasteiger partial charge on any atom is -0.317 e. The van der Waals surface area contributed by atoms with Gasteiger partial charge in [-0.1, -0.05) is 24.6 Å². The van der Waals surface area contributed by atoms with Crippen LogP contribution in [0.5, 0.6) is 0 Å². The molecule has 1 aromatic rings. The third-order valence-corrected chi connectivity index (χ3v) is 3.67. The van der Waals surface area contributed by atoms with Gasteiger partial charge in [-0.15, -0.1) is 0 Å². The highest BCUT2D eigenvalue weighted by Crippen LogP contribution is 2.43. The molecule has 2 unspecified atom stereocenters. The predicted molar refractivity (Wildman–Crippen MR) is 65.4 cm³/mol. The molecule has 1 N–H and O–H groups in total. The molecule has 1 fully saturated rings. The van der Waals surface area contributed by atoms with Crippen molar-refractivity contribution >= 4 is 11.6 Å². The van der Waals surface area contributed by atoms with E-state index in [-0.39, 0.29) is 5.82 Å². The SMILES string of the molecule is CCNCC1CCC1c1ccc(Cl)cc1F. The lowest BCUT2D eigenvalue weighted by Crippen LogP contribution is -2.34. The molecule has 0 aliphatic heterocycles. The predicted octanol–water partition coefficient (Wildman–Crippen LogP) is 3.58. The molecule has 0 bridgehead atoms. The first-order chi connectivity index (χ1) is 7.72. The van der Waals surface area contributed by atoms with E-state index in [1.54, 1.807) is 6.07 Å². The fourth-order valence-electron chi connectivity index (χ4n) is 2.35. The maximum absolute atomic E-state index is 13.7. The van der Waals surface area contributed by atoms with Crippen molar-refractivity contribution in [2.45, 2.75) is 25.7 Å². The van der Waals surface area contributed by atoms with E-state index in [1.807, 2.05) is 6.07 Å². The van der Waals surface area contributed by atoms with E-state index < -0.39 is 0 Å². The van der Waals surface area contributed by atoms with Crippen LogP contribution in [0.4, 0.5) is 4.39 Å². The summed E-state index contributed by atoms with van der Waals surface area (Å²) in [6.45, 7) is 4.06. The minimum atomic E-state index is -0.154. The Kier molecular flexibility index (Phi) is 3.82. The molecule has 0 amide bonds. The van der Waals surface area contributed by atoms with E-state index >= 15 is 0 Å². The van der Waals surface area contributed by atoms with Crippen LogP contribution in [0.2, 0.25) is 5.02 Å². The van der Waals surface area contributed by atoms with E-state index in [0.29, 0.717) is 16.9 Å². The molecule has 0 heterocycles. The maximum atomic E-state index is 13.7. The second-order valence-electron chi connectivity index (χ2n) is 4.42. The zero-order chi connectivity index (χ0) is 11.5.